The fraction of sp³-hybridized carbons (Fsp3) is 0.333. The second-order valence-corrected chi connectivity index (χ2v) is 9.77. The Labute approximate surface area is 205 Å². The summed E-state index contributed by atoms with van der Waals surface area (Å²) < 4.78 is 0. The molecule has 5 nitrogen and oxygen atoms in total. The number of aliphatic imine (C=N–C) groups is 2. The number of aromatic amines is 1. The van der Waals surface area contributed by atoms with E-state index in [4.69, 9.17) is 30.2 Å². The molecule has 3 rings (SSSR count). The molecule has 32 heavy (non-hydrogen) atoms. The third-order valence-corrected chi connectivity index (χ3v) is 4.98. The van der Waals surface area contributed by atoms with Crippen LogP contribution in [0, 0.1) is 41.5 Å². The molecule has 0 bridgehead atoms. The Kier molecular flexibility index (Phi) is 9.65. The second kappa shape index (κ2) is 11.8. The molecule has 172 valence electrons. The van der Waals surface area contributed by atoms with E-state index >= 15 is 0 Å². The van der Waals surface area contributed by atoms with Crippen LogP contribution >= 0.6 is 20.2 Å². The summed E-state index contributed by atoms with van der Waals surface area (Å²) in [5, 5.41) is 7.37. The first-order valence-corrected chi connectivity index (χ1v) is 13.2. The molecule has 0 saturated heterocycles. The molecule has 0 unspecified atom stereocenters. The zero-order valence-corrected chi connectivity index (χ0v) is 22.3. The van der Waals surface area contributed by atoms with Crippen LogP contribution in [0.3, 0.4) is 0 Å². The number of hydrogen-bond donors (Lipinski definition) is 1. The van der Waals surface area contributed by atoms with Crippen LogP contribution in [0.2, 0.25) is 0 Å². The Balaban J connectivity index is 0.00000114. The number of rotatable bonds is 4. The fourth-order valence-corrected chi connectivity index (χ4v) is 3.72. The molecule has 0 aliphatic heterocycles. The van der Waals surface area contributed by atoms with E-state index in [2.05, 4.69) is 81.0 Å². The summed E-state index contributed by atoms with van der Waals surface area (Å²) in [5.74, 6) is 1.25. The van der Waals surface area contributed by atoms with Crippen LogP contribution in [0.25, 0.3) is 0 Å². The summed E-state index contributed by atoms with van der Waals surface area (Å²) in [5.41, 5.74) is 10.7. The van der Waals surface area contributed by atoms with Crippen LogP contribution < -0.4 is 0 Å². The zero-order chi connectivity index (χ0) is 24.0. The SMILES string of the molecule is CC(=Nc1c(C)cc(C)cc1C)c1n[nH]c(C(C)=Nc2c(C)cc(C)cc2C)n1.[Cl][Fe][Cl]. The van der Waals surface area contributed by atoms with Gasteiger partial charge in [0.1, 0.15) is 0 Å². The summed E-state index contributed by atoms with van der Waals surface area (Å²) in [6.45, 7) is 16.4. The molecular weight excluding hydrogens is 485 g/mol. The van der Waals surface area contributed by atoms with Gasteiger partial charge in [-0.25, -0.2) is 15.0 Å². The molecule has 0 radical (unpaired) electrons. The number of aryl methyl sites for hydroxylation is 6. The molecule has 0 saturated carbocycles. The van der Waals surface area contributed by atoms with Crippen molar-refractivity contribution < 1.29 is 13.1 Å². The first kappa shape index (κ1) is 26.3. The summed E-state index contributed by atoms with van der Waals surface area (Å²) in [6, 6.07) is 8.58. The number of nitrogens with zero attached hydrogens (tertiary/aromatic N) is 4. The molecule has 2 aromatic carbocycles. The van der Waals surface area contributed by atoms with E-state index in [-0.39, 0.29) is 13.1 Å². The van der Waals surface area contributed by atoms with Gasteiger partial charge in [0.05, 0.1) is 22.8 Å². The Morgan fingerprint density at radius 1 is 0.750 bits per heavy atom. The topological polar surface area (TPSA) is 66.3 Å². The molecule has 0 spiro atoms. The fourth-order valence-electron chi connectivity index (χ4n) is 3.72. The van der Waals surface area contributed by atoms with Gasteiger partial charge in [0.15, 0.2) is 11.6 Å². The number of aromatic nitrogens is 3. The molecule has 0 aliphatic rings. The van der Waals surface area contributed by atoms with Gasteiger partial charge in [-0.15, -0.1) is 0 Å². The van der Waals surface area contributed by atoms with Crippen molar-refractivity contribution in [2.45, 2.75) is 55.4 Å². The van der Waals surface area contributed by atoms with Gasteiger partial charge < -0.3 is 0 Å². The quantitative estimate of drug-likeness (QED) is 0.293. The van der Waals surface area contributed by atoms with Gasteiger partial charge >= 0.3 is 33.3 Å². The van der Waals surface area contributed by atoms with Crippen LogP contribution in [0.15, 0.2) is 34.3 Å². The van der Waals surface area contributed by atoms with Crippen molar-refractivity contribution >= 4 is 43.0 Å². The maximum atomic E-state index is 4.81. The number of H-pyrrole nitrogens is 1. The molecule has 8 heteroatoms. The van der Waals surface area contributed by atoms with Crippen molar-refractivity contribution in [3.05, 3.63) is 69.3 Å². The molecule has 0 amide bonds. The van der Waals surface area contributed by atoms with Gasteiger partial charge in [-0.2, -0.15) is 5.10 Å². The van der Waals surface area contributed by atoms with E-state index in [0.29, 0.717) is 11.6 Å². The molecule has 1 aromatic heterocycles. The van der Waals surface area contributed by atoms with Gasteiger partial charge in [-0.3, -0.25) is 5.10 Å². The average Bonchev–Trinajstić information content (AvgIpc) is 3.18. The second-order valence-electron chi connectivity index (χ2n) is 7.95. The number of benzene rings is 2. The zero-order valence-electron chi connectivity index (χ0n) is 19.7. The van der Waals surface area contributed by atoms with Crippen LogP contribution in [0.5, 0.6) is 0 Å². The monoisotopic (exact) mass is 513 g/mol. The number of nitrogens with one attached hydrogen (secondary N) is 1. The Bertz CT molecular complexity index is 1030. The predicted octanol–water partition coefficient (Wildman–Crippen LogP) is 7.31. The van der Waals surface area contributed by atoms with E-state index in [1.165, 1.54) is 11.1 Å². The van der Waals surface area contributed by atoms with E-state index in [1.807, 2.05) is 13.8 Å². The number of hydrogen-bond acceptors (Lipinski definition) is 4. The summed E-state index contributed by atoms with van der Waals surface area (Å²) in [6.07, 6.45) is 0. The van der Waals surface area contributed by atoms with Crippen molar-refractivity contribution in [1.29, 1.82) is 0 Å². The predicted molar refractivity (Wildman–Crippen MR) is 133 cm³/mol. The average molecular weight is 514 g/mol. The van der Waals surface area contributed by atoms with Crippen molar-refractivity contribution in [2.75, 3.05) is 0 Å². The maximum absolute atomic E-state index is 4.81. The van der Waals surface area contributed by atoms with Crippen molar-refractivity contribution in [3.8, 4) is 0 Å². The van der Waals surface area contributed by atoms with Gasteiger partial charge in [0.2, 0.25) is 0 Å². The molecule has 1 heterocycles. The molecule has 0 aliphatic carbocycles. The summed E-state index contributed by atoms with van der Waals surface area (Å²) >= 11 is 0.194. The van der Waals surface area contributed by atoms with Crippen molar-refractivity contribution in [1.82, 2.24) is 15.2 Å². The minimum absolute atomic E-state index is 0.194. The van der Waals surface area contributed by atoms with E-state index in [0.717, 1.165) is 45.1 Å². The Hall–Kier alpha value is -1.98. The third kappa shape index (κ3) is 6.76. The summed E-state index contributed by atoms with van der Waals surface area (Å²) in [7, 11) is 9.53. The van der Waals surface area contributed by atoms with Crippen LogP contribution in [-0.4, -0.2) is 26.6 Å². The van der Waals surface area contributed by atoms with E-state index in [1.54, 1.807) is 0 Å². The first-order valence-electron chi connectivity index (χ1n) is 10.1. The molecule has 3 aromatic rings. The van der Waals surface area contributed by atoms with Gasteiger partial charge in [0.25, 0.3) is 0 Å². The van der Waals surface area contributed by atoms with E-state index in [9.17, 15) is 0 Å². The van der Waals surface area contributed by atoms with Crippen LogP contribution in [0.1, 0.15) is 58.9 Å². The third-order valence-electron chi connectivity index (χ3n) is 4.98. The molecular formula is C24H29Cl2FeN5. The first-order chi connectivity index (χ1) is 15.1. The summed E-state index contributed by atoms with van der Waals surface area (Å²) in [4.78, 5) is 14.2. The standard InChI is InChI=1S/C24H29N5.2ClH.Fe/c1-13-9-15(3)21(16(4)10-13)25-19(7)23-27-24(29-28-23)20(8)26-22-17(5)11-14(2)12-18(22)6;;;/h9-12H,1-8H3,(H,27,28,29);2*1H;/q;;;+2/p-2. The minimum atomic E-state index is 0.194. The van der Waals surface area contributed by atoms with Crippen LogP contribution in [0.4, 0.5) is 11.4 Å². The molecule has 0 atom stereocenters. The molecule has 1 N–H and O–H groups in total. The van der Waals surface area contributed by atoms with Gasteiger partial charge in [-0.05, 0) is 77.6 Å². The van der Waals surface area contributed by atoms with E-state index < -0.39 is 0 Å². The molecule has 0 fully saturated rings. The van der Waals surface area contributed by atoms with Crippen molar-refractivity contribution in [2.24, 2.45) is 9.98 Å². The van der Waals surface area contributed by atoms with Crippen LogP contribution in [-0.2, 0) is 13.1 Å². The Morgan fingerprint density at radius 2 is 1.12 bits per heavy atom. The van der Waals surface area contributed by atoms with Crippen molar-refractivity contribution in [3.63, 3.8) is 0 Å². The van der Waals surface area contributed by atoms with Gasteiger partial charge in [-0.1, -0.05) is 35.4 Å². The van der Waals surface area contributed by atoms with Gasteiger partial charge in [0, 0.05) is 0 Å². The Morgan fingerprint density at radius 3 is 1.53 bits per heavy atom. The normalized spacial score (nSPS) is 12.1. The number of halogens is 2.